The van der Waals surface area contributed by atoms with E-state index in [4.69, 9.17) is 21.1 Å². The van der Waals surface area contributed by atoms with Crippen LogP contribution >= 0.6 is 22.9 Å². The quantitative estimate of drug-likeness (QED) is 0.217. The molecule has 43 heavy (non-hydrogen) atoms. The fourth-order valence-corrected chi connectivity index (χ4v) is 7.19. The summed E-state index contributed by atoms with van der Waals surface area (Å²) in [6.45, 7) is -0.437. The Morgan fingerprint density at radius 3 is 2.51 bits per heavy atom. The molecule has 4 rings (SSSR count). The number of nitrogens with one attached hydrogen (secondary N) is 1. The standard InChI is InChI=1S/C27H31ClF2N4O7S2/c1-33(26(36)37)17(11-27(15-35)6-7-27)12-31-21-10-20(29)23(9-19(21)28)43(38,39)34(25-32-13-24(30)42-25)14-16-4-5-18(40-2)8-22(16)41-3/h4-5,8-10,13,17,31,35H,6-7,11-12,14-15H2,1-3H3,(H,36,37)/t17-/m0/s1. The van der Waals surface area contributed by atoms with Crippen molar-refractivity contribution in [3.63, 3.8) is 0 Å². The minimum Gasteiger partial charge on any atom is -0.497 e. The summed E-state index contributed by atoms with van der Waals surface area (Å²) in [4.78, 5) is 15.8. The molecule has 1 aliphatic carbocycles. The van der Waals surface area contributed by atoms with Crippen LogP contribution in [0.15, 0.2) is 41.4 Å². The number of ether oxygens (including phenoxy) is 2. The maximum absolute atomic E-state index is 15.6. The largest absolute Gasteiger partial charge is 0.497 e. The molecule has 1 aromatic heterocycles. The van der Waals surface area contributed by atoms with Gasteiger partial charge < -0.3 is 29.9 Å². The third-order valence-electron chi connectivity index (χ3n) is 7.42. The monoisotopic (exact) mass is 660 g/mol. The van der Waals surface area contributed by atoms with E-state index < -0.39 is 38.0 Å². The zero-order chi connectivity index (χ0) is 31.5. The molecule has 1 fully saturated rings. The number of carboxylic acid groups (broad SMARTS) is 1. The van der Waals surface area contributed by atoms with Crippen LogP contribution < -0.4 is 19.1 Å². The molecule has 16 heteroatoms. The fraction of sp³-hybridized carbons (Fsp3) is 0.407. The van der Waals surface area contributed by atoms with Gasteiger partial charge in [-0.15, -0.1) is 0 Å². The number of benzene rings is 2. The van der Waals surface area contributed by atoms with Crippen LogP contribution in [0.25, 0.3) is 0 Å². The summed E-state index contributed by atoms with van der Waals surface area (Å²) in [7, 11) is -0.458. The van der Waals surface area contributed by atoms with Crippen LogP contribution in [0.2, 0.25) is 5.02 Å². The molecule has 1 heterocycles. The van der Waals surface area contributed by atoms with E-state index in [1.54, 1.807) is 18.2 Å². The van der Waals surface area contributed by atoms with E-state index in [1.165, 1.54) is 21.3 Å². The Morgan fingerprint density at radius 2 is 1.95 bits per heavy atom. The van der Waals surface area contributed by atoms with Gasteiger partial charge in [0.05, 0.1) is 43.7 Å². The number of likely N-dealkylation sites (N-methyl/N-ethyl adjacent to an activating group) is 1. The lowest BCUT2D eigenvalue weighted by atomic mass is 9.97. The van der Waals surface area contributed by atoms with Crippen molar-refractivity contribution in [1.29, 1.82) is 0 Å². The van der Waals surface area contributed by atoms with Gasteiger partial charge in [-0.1, -0.05) is 22.9 Å². The van der Waals surface area contributed by atoms with Crippen LogP contribution in [0.3, 0.4) is 0 Å². The van der Waals surface area contributed by atoms with Gasteiger partial charge in [0, 0.05) is 31.8 Å². The van der Waals surface area contributed by atoms with E-state index in [1.807, 2.05) is 0 Å². The molecule has 0 bridgehead atoms. The molecule has 1 amide bonds. The smallest absolute Gasteiger partial charge is 0.407 e. The number of aromatic nitrogens is 1. The Morgan fingerprint density at radius 1 is 1.23 bits per heavy atom. The topological polar surface area (TPSA) is 142 Å². The van der Waals surface area contributed by atoms with Crippen molar-refractivity contribution in [1.82, 2.24) is 9.88 Å². The van der Waals surface area contributed by atoms with Crippen molar-refractivity contribution in [2.24, 2.45) is 5.41 Å². The van der Waals surface area contributed by atoms with E-state index in [2.05, 4.69) is 10.3 Å². The van der Waals surface area contributed by atoms with Gasteiger partial charge in [0.25, 0.3) is 10.0 Å². The van der Waals surface area contributed by atoms with E-state index in [0.29, 0.717) is 29.1 Å². The van der Waals surface area contributed by atoms with E-state index in [0.717, 1.165) is 40.4 Å². The third-order valence-corrected chi connectivity index (χ3v) is 10.4. The first kappa shape index (κ1) is 32.5. The van der Waals surface area contributed by atoms with E-state index in [-0.39, 0.29) is 46.7 Å². The predicted molar refractivity (Wildman–Crippen MR) is 158 cm³/mol. The number of anilines is 2. The number of sulfonamides is 1. The molecular weight excluding hydrogens is 630 g/mol. The van der Waals surface area contributed by atoms with Gasteiger partial charge >= 0.3 is 6.09 Å². The van der Waals surface area contributed by atoms with Gasteiger partial charge in [-0.3, -0.25) is 0 Å². The molecule has 0 aliphatic heterocycles. The number of thiazole rings is 1. The summed E-state index contributed by atoms with van der Waals surface area (Å²) in [6.07, 6.45) is 1.58. The number of aliphatic hydroxyl groups is 1. The maximum atomic E-state index is 15.6. The first-order chi connectivity index (χ1) is 20.3. The van der Waals surface area contributed by atoms with Gasteiger partial charge in [0.1, 0.15) is 22.2 Å². The Bertz CT molecular complexity index is 1590. The number of hydrogen-bond donors (Lipinski definition) is 3. The van der Waals surface area contributed by atoms with Gasteiger partial charge in [0.15, 0.2) is 5.13 Å². The summed E-state index contributed by atoms with van der Waals surface area (Å²) in [5.41, 5.74) is 0.0468. The molecule has 3 N–H and O–H groups in total. The highest BCUT2D eigenvalue weighted by molar-refractivity contribution is 7.93. The van der Waals surface area contributed by atoms with E-state index in [9.17, 15) is 27.8 Å². The second-order valence-electron chi connectivity index (χ2n) is 10.2. The van der Waals surface area contributed by atoms with Crippen molar-refractivity contribution in [2.45, 2.75) is 36.7 Å². The predicted octanol–water partition coefficient (Wildman–Crippen LogP) is 5.04. The Hall–Kier alpha value is -3.40. The second kappa shape index (κ2) is 13.1. The summed E-state index contributed by atoms with van der Waals surface area (Å²) < 4.78 is 68.6. The molecule has 3 aromatic rings. The van der Waals surface area contributed by atoms with Gasteiger partial charge in [-0.05, 0) is 48.9 Å². The Labute approximate surface area is 256 Å². The summed E-state index contributed by atoms with van der Waals surface area (Å²) in [5.74, 6) is -0.408. The SMILES string of the molecule is COc1ccc(CN(c2ncc(F)s2)S(=O)(=O)c2cc(Cl)c(NC[C@H](CC3(CO)CC3)N(C)C(=O)O)cc2F)c(OC)c1. The van der Waals surface area contributed by atoms with E-state index >= 15 is 4.39 Å². The molecule has 1 aliphatic rings. The number of nitrogens with zero attached hydrogens (tertiary/aromatic N) is 3. The normalized spacial score (nSPS) is 14.6. The summed E-state index contributed by atoms with van der Waals surface area (Å²) in [5, 5.41) is 21.0. The zero-order valence-electron chi connectivity index (χ0n) is 23.5. The molecule has 0 saturated heterocycles. The number of aliphatic hydroxyl groups excluding tert-OH is 1. The first-order valence-electron chi connectivity index (χ1n) is 13.0. The fourth-order valence-electron chi connectivity index (χ4n) is 4.57. The lowest BCUT2D eigenvalue weighted by Gasteiger charge is -2.29. The number of halogens is 3. The van der Waals surface area contributed by atoms with Crippen molar-refractivity contribution in [2.75, 3.05) is 44.0 Å². The molecule has 0 unspecified atom stereocenters. The third kappa shape index (κ3) is 7.22. The van der Waals surface area contributed by atoms with Gasteiger partial charge in [-0.25, -0.2) is 26.9 Å². The molecule has 0 spiro atoms. The number of hydrogen-bond acceptors (Lipinski definition) is 9. The van der Waals surface area contributed by atoms with Crippen LogP contribution in [-0.4, -0.2) is 75.1 Å². The molecule has 1 atom stereocenters. The number of rotatable bonds is 14. The van der Waals surface area contributed by atoms with Crippen LogP contribution in [-0.2, 0) is 16.6 Å². The average Bonchev–Trinajstić information content (AvgIpc) is 3.64. The summed E-state index contributed by atoms with van der Waals surface area (Å²) >= 11 is 6.88. The number of carbonyl (C=O) groups is 1. The number of methoxy groups -OCH3 is 2. The average molecular weight is 661 g/mol. The minimum atomic E-state index is -4.70. The molecule has 11 nitrogen and oxygen atoms in total. The van der Waals surface area contributed by atoms with Crippen molar-refractivity contribution < 1.29 is 41.7 Å². The highest BCUT2D eigenvalue weighted by atomic mass is 35.5. The van der Waals surface area contributed by atoms with Crippen molar-refractivity contribution in [3.05, 3.63) is 58.1 Å². The molecule has 2 aromatic carbocycles. The highest BCUT2D eigenvalue weighted by Crippen LogP contribution is 2.49. The Balaban J connectivity index is 1.65. The maximum Gasteiger partial charge on any atom is 0.407 e. The first-order valence-corrected chi connectivity index (χ1v) is 15.6. The minimum absolute atomic E-state index is 0.0254. The van der Waals surface area contributed by atoms with Crippen LogP contribution in [0.4, 0.5) is 24.4 Å². The highest BCUT2D eigenvalue weighted by Gasteiger charge is 2.44. The van der Waals surface area contributed by atoms with Crippen LogP contribution in [0.5, 0.6) is 11.5 Å². The van der Waals surface area contributed by atoms with Crippen LogP contribution in [0, 0.1) is 16.4 Å². The second-order valence-corrected chi connectivity index (χ2v) is 13.4. The van der Waals surface area contributed by atoms with Crippen LogP contribution in [0.1, 0.15) is 24.8 Å². The molecule has 1 saturated carbocycles. The molecular formula is C27H31ClF2N4O7S2. The number of amides is 1. The van der Waals surface area contributed by atoms with Gasteiger partial charge in [-0.2, -0.15) is 4.39 Å². The lowest BCUT2D eigenvalue weighted by molar-refractivity contribution is 0.120. The molecule has 234 valence electrons. The molecule has 0 radical (unpaired) electrons. The van der Waals surface area contributed by atoms with Crippen molar-refractivity contribution in [3.8, 4) is 11.5 Å². The lowest BCUT2D eigenvalue weighted by Crippen LogP contribution is -2.42. The Kier molecular flexibility index (Phi) is 9.89. The zero-order valence-corrected chi connectivity index (χ0v) is 25.9. The van der Waals surface area contributed by atoms with Gasteiger partial charge in [0.2, 0.25) is 5.13 Å². The van der Waals surface area contributed by atoms with Crippen molar-refractivity contribution >= 4 is 49.9 Å². The summed E-state index contributed by atoms with van der Waals surface area (Å²) in [6, 6.07) is 5.95.